The fourth-order valence-corrected chi connectivity index (χ4v) is 1.72. The number of carbonyl (C=O) groups excluding carboxylic acids is 1. The number of aliphatic hydroxyl groups is 1. The maximum atomic E-state index is 11.9. The average Bonchev–Trinajstić information content (AvgIpc) is 2.36. The van der Waals surface area contributed by atoms with Gasteiger partial charge >= 0.3 is 0 Å². The Morgan fingerprint density at radius 3 is 2.50 bits per heavy atom. The van der Waals surface area contributed by atoms with Crippen LogP contribution in [0.3, 0.4) is 0 Å². The summed E-state index contributed by atoms with van der Waals surface area (Å²) in [6.45, 7) is 3.21. The van der Waals surface area contributed by atoms with Gasteiger partial charge in [0.05, 0.1) is 12.2 Å². The average molecular weight is 250 g/mol. The molecule has 0 heterocycles. The zero-order chi connectivity index (χ0) is 13.7. The Kier molecular flexibility index (Phi) is 4.92. The Balaban J connectivity index is 2.90. The van der Waals surface area contributed by atoms with Gasteiger partial charge in [-0.3, -0.25) is 4.79 Å². The van der Waals surface area contributed by atoms with Crippen LogP contribution in [0.15, 0.2) is 18.2 Å². The monoisotopic (exact) mass is 250 g/mol. The molecule has 1 aromatic rings. The van der Waals surface area contributed by atoms with E-state index in [1.54, 1.807) is 26.0 Å². The summed E-state index contributed by atoms with van der Waals surface area (Å²) in [6.07, 6.45) is 4.06. The fourth-order valence-electron chi connectivity index (χ4n) is 1.72. The van der Waals surface area contributed by atoms with Crippen LogP contribution in [-0.4, -0.2) is 27.7 Å². The van der Waals surface area contributed by atoms with Gasteiger partial charge in [0.25, 0.3) is 0 Å². The summed E-state index contributed by atoms with van der Waals surface area (Å²) in [4.78, 5) is 11.9. The number of phenols is 2. The van der Waals surface area contributed by atoms with Crippen LogP contribution < -0.4 is 0 Å². The first kappa shape index (κ1) is 14.3. The van der Waals surface area contributed by atoms with Crippen LogP contribution in [0.4, 0.5) is 0 Å². The predicted molar refractivity (Wildman–Crippen MR) is 69.0 cm³/mol. The molecule has 18 heavy (non-hydrogen) atoms. The number of hydrogen-bond acceptors (Lipinski definition) is 4. The van der Waals surface area contributed by atoms with Crippen molar-refractivity contribution in [2.24, 2.45) is 0 Å². The van der Waals surface area contributed by atoms with Crippen molar-refractivity contribution in [3.8, 4) is 11.5 Å². The fraction of sp³-hybridized carbons (Fsp3) is 0.357. The summed E-state index contributed by atoms with van der Waals surface area (Å²) in [5.74, 6) is -0.320. The standard InChI is InChI=1S/C14H18O4/c1-9-8-11(14(18)10(2)13(9)17)12(16)6-4-3-5-7-15/h3,5,8,15,17-18H,4,6-7H2,1-2H3/b5-3+. The molecule has 0 unspecified atom stereocenters. The third-order valence-electron chi connectivity index (χ3n) is 2.81. The van der Waals surface area contributed by atoms with Gasteiger partial charge in [-0.1, -0.05) is 12.2 Å². The molecule has 0 amide bonds. The lowest BCUT2D eigenvalue weighted by molar-refractivity contribution is 0.0980. The first-order valence-corrected chi connectivity index (χ1v) is 5.80. The predicted octanol–water partition coefficient (Wildman–Crippen LogP) is 2.23. The lowest BCUT2D eigenvalue weighted by Crippen LogP contribution is -2.01. The number of benzene rings is 1. The Hall–Kier alpha value is -1.81. The van der Waals surface area contributed by atoms with E-state index in [4.69, 9.17) is 5.11 Å². The summed E-state index contributed by atoms with van der Waals surface area (Å²) in [5.41, 5.74) is 1.13. The van der Waals surface area contributed by atoms with Gasteiger partial charge < -0.3 is 15.3 Å². The number of hydrogen-bond donors (Lipinski definition) is 3. The smallest absolute Gasteiger partial charge is 0.166 e. The third kappa shape index (κ3) is 3.11. The Labute approximate surface area is 106 Å². The minimum absolute atomic E-state index is 0.0178. The van der Waals surface area contributed by atoms with Crippen LogP contribution in [-0.2, 0) is 0 Å². The minimum Gasteiger partial charge on any atom is -0.507 e. The van der Waals surface area contributed by atoms with Crippen molar-refractivity contribution in [1.82, 2.24) is 0 Å². The largest absolute Gasteiger partial charge is 0.507 e. The molecule has 1 aromatic carbocycles. The van der Waals surface area contributed by atoms with Gasteiger partial charge in [-0.05, 0) is 31.9 Å². The van der Waals surface area contributed by atoms with Crippen molar-refractivity contribution >= 4 is 5.78 Å². The molecule has 0 aromatic heterocycles. The lowest BCUT2D eigenvalue weighted by atomic mass is 9.99. The number of phenolic OH excluding ortho intramolecular Hbond substituents is 2. The first-order chi connectivity index (χ1) is 8.49. The van der Waals surface area contributed by atoms with Crippen LogP contribution >= 0.6 is 0 Å². The van der Waals surface area contributed by atoms with E-state index in [1.165, 1.54) is 6.07 Å². The highest BCUT2D eigenvalue weighted by Gasteiger charge is 2.16. The molecular weight excluding hydrogens is 232 g/mol. The second-order valence-electron chi connectivity index (χ2n) is 4.18. The molecule has 0 spiro atoms. The number of ketones is 1. The van der Waals surface area contributed by atoms with Crippen molar-refractivity contribution < 1.29 is 20.1 Å². The van der Waals surface area contributed by atoms with Gasteiger partial charge in [0, 0.05) is 12.0 Å². The van der Waals surface area contributed by atoms with E-state index >= 15 is 0 Å². The molecule has 0 fully saturated rings. The molecule has 0 aliphatic carbocycles. The molecule has 0 bridgehead atoms. The molecule has 4 heteroatoms. The van der Waals surface area contributed by atoms with Crippen LogP contribution in [0.25, 0.3) is 0 Å². The van der Waals surface area contributed by atoms with Crippen molar-refractivity contribution in [3.63, 3.8) is 0 Å². The van der Waals surface area contributed by atoms with Crippen LogP contribution in [0.1, 0.15) is 34.3 Å². The molecule has 3 N–H and O–H groups in total. The second-order valence-corrected chi connectivity index (χ2v) is 4.18. The van der Waals surface area contributed by atoms with Crippen LogP contribution in [0.5, 0.6) is 11.5 Å². The SMILES string of the molecule is Cc1cc(C(=O)CC/C=C/CO)c(O)c(C)c1O. The summed E-state index contributed by atoms with van der Waals surface area (Å²) in [5, 5.41) is 28.0. The van der Waals surface area contributed by atoms with E-state index in [-0.39, 0.29) is 35.9 Å². The highest BCUT2D eigenvalue weighted by atomic mass is 16.3. The van der Waals surface area contributed by atoms with Crippen molar-refractivity contribution in [3.05, 3.63) is 34.9 Å². The zero-order valence-electron chi connectivity index (χ0n) is 10.6. The zero-order valence-corrected chi connectivity index (χ0v) is 10.6. The first-order valence-electron chi connectivity index (χ1n) is 5.80. The molecule has 0 radical (unpaired) electrons. The number of aromatic hydroxyl groups is 2. The number of allylic oxidation sites excluding steroid dienone is 1. The van der Waals surface area contributed by atoms with Gasteiger partial charge in [-0.2, -0.15) is 0 Å². The highest BCUT2D eigenvalue weighted by molar-refractivity contribution is 5.99. The molecule has 0 aliphatic rings. The molecule has 0 aliphatic heterocycles. The molecule has 4 nitrogen and oxygen atoms in total. The van der Waals surface area contributed by atoms with E-state index in [2.05, 4.69) is 0 Å². The number of aryl methyl sites for hydroxylation is 1. The number of aliphatic hydroxyl groups excluding tert-OH is 1. The second kappa shape index (κ2) is 6.21. The van der Waals surface area contributed by atoms with Gasteiger partial charge in [0.1, 0.15) is 11.5 Å². The third-order valence-corrected chi connectivity index (χ3v) is 2.81. The molecule has 0 atom stereocenters. The van der Waals surface area contributed by atoms with E-state index < -0.39 is 0 Å². The van der Waals surface area contributed by atoms with Crippen molar-refractivity contribution in [2.45, 2.75) is 26.7 Å². The molecule has 0 saturated heterocycles. The van der Waals surface area contributed by atoms with Crippen LogP contribution in [0, 0.1) is 13.8 Å². The summed E-state index contributed by atoms with van der Waals surface area (Å²) >= 11 is 0. The maximum Gasteiger partial charge on any atom is 0.166 e. The summed E-state index contributed by atoms with van der Waals surface area (Å²) < 4.78 is 0. The molecule has 98 valence electrons. The molecule has 0 saturated carbocycles. The van der Waals surface area contributed by atoms with Gasteiger partial charge in [0.2, 0.25) is 0 Å². The Bertz CT molecular complexity index is 475. The number of carbonyl (C=O) groups is 1. The van der Waals surface area contributed by atoms with E-state index in [1.807, 2.05) is 0 Å². The Morgan fingerprint density at radius 1 is 1.22 bits per heavy atom. The molecule has 1 rings (SSSR count). The lowest BCUT2D eigenvalue weighted by Gasteiger charge is -2.10. The Morgan fingerprint density at radius 2 is 1.89 bits per heavy atom. The minimum atomic E-state index is -0.179. The quantitative estimate of drug-likeness (QED) is 0.553. The molecular formula is C14H18O4. The van der Waals surface area contributed by atoms with E-state index in [0.29, 0.717) is 17.5 Å². The summed E-state index contributed by atoms with van der Waals surface area (Å²) in [7, 11) is 0. The van der Waals surface area contributed by atoms with Crippen molar-refractivity contribution in [1.29, 1.82) is 0 Å². The number of Topliss-reactive ketones (excluding diaryl/α,β-unsaturated/α-hetero) is 1. The van der Waals surface area contributed by atoms with Crippen LogP contribution in [0.2, 0.25) is 0 Å². The number of rotatable bonds is 5. The van der Waals surface area contributed by atoms with Crippen molar-refractivity contribution in [2.75, 3.05) is 6.61 Å². The van der Waals surface area contributed by atoms with E-state index in [9.17, 15) is 15.0 Å². The summed E-state index contributed by atoms with van der Waals surface area (Å²) in [6, 6.07) is 1.50. The van der Waals surface area contributed by atoms with Gasteiger partial charge in [-0.25, -0.2) is 0 Å². The van der Waals surface area contributed by atoms with Gasteiger partial charge in [-0.15, -0.1) is 0 Å². The topological polar surface area (TPSA) is 77.8 Å². The van der Waals surface area contributed by atoms with E-state index in [0.717, 1.165) is 0 Å². The highest BCUT2D eigenvalue weighted by Crippen LogP contribution is 2.33. The normalized spacial score (nSPS) is 11.1. The van der Waals surface area contributed by atoms with Gasteiger partial charge in [0.15, 0.2) is 5.78 Å². The maximum absolute atomic E-state index is 11.9.